The van der Waals surface area contributed by atoms with E-state index in [1.807, 2.05) is 24.0 Å². The second kappa shape index (κ2) is 5.86. The lowest BCUT2D eigenvalue weighted by Gasteiger charge is -2.18. The highest BCUT2D eigenvalue weighted by atomic mass is 79.9. The summed E-state index contributed by atoms with van der Waals surface area (Å²) in [5.74, 6) is -0.124. The average Bonchev–Trinajstić information content (AvgIpc) is 2.22. The highest BCUT2D eigenvalue weighted by Crippen LogP contribution is 2.24. The van der Waals surface area contributed by atoms with Crippen LogP contribution < -0.4 is 5.73 Å². The first kappa shape index (κ1) is 13.0. The summed E-state index contributed by atoms with van der Waals surface area (Å²) in [6.45, 7) is 3.60. The van der Waals surface area contributed by atoms with Gasteiger partial charge in [-0.15, -0.1) is 0 Å². The lowest BCUT2D eigenvalue weighted by atomic mass is 10.2. The van der Waals surface area contributed by atoms with Gasteiger partial charge in [-0.1, -0.05) is 13.0 Å². The number of primary amides is 1. The molecule has 0 aliphatic heterocycles. The molecule has 1 amide bonds. The Bertz CT molecular complexity index is 382. The van der Waals surface area contributed by atoms with Gasteiger partial charge in [0.1, 0.15) is 5.75 Å². The zero-order valence-electron chi connectivity index (χ0n) is 9.11. The Morgan fingerprint density at radius 2 is 2.25 bits per heavy atom. The highest BCUT2D eigenvalue weighted by molar-refractivity contribution is 9.10. The molecule has 3 N–H and O–H groups in total. The minimum Gasteiger partial charge on any atom is -0.507 e. The first-order valence-corrected chi connectivity index (χ1v) is 5.80. The fourth-order valence-corrected chi connectivity index (χ4v) is 1.83. The van der Waals surface area contributed by atoms with Crippen molar-refractivity contribution in [1.82, 2.24) is 4.90 Å². The van der Waals surface area contributed by atoms with E-state index in [1.54, 1.807) is 6.07 Å². The summed E-state index contributed by atoms with van der Waals surface area (Å²) in [7, 11) is 0. The number of carbonyl (C=O) groups is 1. The van der Waals surface area contributed by atoms with Gasteiger partial charge in [0.05, 0.1) is 11.0 Å². The number of likely N-dealkylation sites (N-methyl/N-ethyl adjacent to an activating group) is 1. The molecule has 16 heavy (non-hydrogen) atoms. The van der Waals surface area contributed by atoms with Crippen molar-refractivity contribution in [1.29, 1.82) is 0 Å². The van der Waals surface area contributed by atoms with E-state index in [1.165, 1.54) is 0 Å². The minimum atomic E-state index is -0.334. The standard InChI is InChI=1S/C11H15BrN2O2/c1-2-14(7-11(13)16)6-8-3-4-10(15)9(12)5-8/h3-5,15H,2,6-7H2,1H3,(H2,13,16). The van der Waals surface area contributed by atoms with E-state index in [0.29, 0.717) is 11.0 Å². The minimum absolute atomic E-state index is 0.210. The Balaban J connectivity index is 2.70. The first-order valence-electron chi connectivity index (χ1n) is 5.01. The third-order valence-corrected chi connectivity index (χ3v) is 2.88. The number of benzene rings is 1. The molecule has 0 aromatic heterocycles. The van der Waals surface area contributed by atoms with Crippen LogP contribution in [0.3, 0.4) is 0 Å². The number of phenols is 1. The van der Waals surface area contributed by atoms with Crippen LogP contribution in [-0.4, -0.2) is 29.0 Å². The van der Waals surface area contributed by atoms with Crippen LogP contribution in [-0.2, 0) is 11.3 Å². The number of nitrogens with two attached hydrogens (primary N) is 1. The number of rotatable bonds is 5. The third kappa shape index (κ3) is 3.83. The van der Waals surface area contributed by atoms with Crippen LogP contribution in [0.4, 0.5) is 0 Å². The number of carbonyl (C=O) groups excluding carboxylic acids is 1. The molecule has 0 spiro atoms. The Kier molecular flexibility index (Phi) is 4.76. The van der Waals surface area contributed by atoms with Crippen molar-refractivity contribution in [3.63, 3.8) is 0 Å². The molecule has 0 radical (unpaired) electrons. The van der Waals surface area contributed by atoms with Crippen molar-refractivity contribution in [2.24, 2.45) is 5.73 Å². The molecule has 5 heteroatoms. The summed E-state index contributed by atoms with van der Waals surface area (Å²) < 4.78 is 0.653. The SMILES string of the molecule is CCN(CC(N)=O)Cc1ccc(O)c(Br)c1. The number of amides is 1. The fraction of sp³-hybridized carbons (Fsp3) is 0.364. The van der Waals surface area contributed by atoms with Gasteiger partial charge in [0.2, 0.25) is 5.91 Å². The van der Waals surface area contributed by atoms with Gasteiger partial charge in [-0.25, -0.2) is 0 Å². The van der Waals surface area contributed by atoms with Gasteiger partial charge < -0.3 is 10.8 Å². The van der Waals surface area contributed by atoms with Crippen molar-refractivity contribution in [2.45, 2.75) is 13.5 Å². The Hall–Kier alpha value is -1.07. The molecule has 0 fully saturated rings. The van der Waals surface area contributed by atoms with Crippen LogP contribution in [0.5, 0.6) is 5.75 Å². The molecule has 0 aliphatic rings. The van der Waals surface area contributed by atoms with Gasteiger partial charge in [-0.05, 0) is 40.2 Å². The van der Waals surface area contributed by atoms with E-state index < -0.39 is 0 Å². The predicted molar refractivity (Wildman–Crippen MR) is 66.0 cm³/mol. The van der Waals surface area contributed by atoms with Crippen LogP contribution in [0.1, 0.15) is 12.5 Å². The van der Waals surface area contributed by atoms with Crippen molar-refractivity contribution in [2.75, 3.05) is 13.1 Å². The molecular formula is C11H15BrN2O2. The Morgan fingerprint density at radius 1 is 1.56 bits per heavy atom. The van der Waals surface area contributed by atoms with Gasteiger partial charge >= 0.3 is 0 Å². The molecule has 0 unspecified atom stereocenters. The summed E-state index contributed by atoms with van der Waals surface area (Å²) in [5.41, 5.74) is 6.17. The number of nitrogens with zero attached hydrogens (tertiary/aromatic N) is 1. The average molecular weight is 287 g/mol. The summed E-state index contributed by atoms with van der Waals surface area (Å²) in [4.78, 5) is 12.7. The predicted octanol–water partition coefficient (Wildman–Crippen LogP) is 1.46. The first-order chi connectivity index (χ1) is 7.52. The molecule has 0 saturated heterocycles. The largest absolute Gasteiger partial charge is 0.507 e. The van der Waals surface area contributed by atoms with Crippen LogP contribution in [0.2, 0.25) is 0 Å². The van der Waals surface area contributed by atoms with Gasteiger partial charge in [0, 0.05) is 6.54 Å². The number of phenolic OH excluding ortho intramolecular Hbond substituents is 1. The molecule has 0 bridgehead atoms. The normalized spacial score (nSPS) is 10.7. The lowest BCUT2D eigenvalue weighted by Crippen LogP contribution is -2.33. The Morgan fingerprint density at radius 3 is 2.75 bits per heavy atom. The fourth-order valence-electron chi connectivity index (χ4n) is 1.41. The molecule has 0 aliphatic carbocycles. The maximum absolute atomic E-state index is 10.8. The van der Waals surface area contributed by atoms with E-state index in [2.05, 4.69) is 15.9 Å². The zero-order chi connectivity index (χ0) is 12.1. The van der Waals surface area contributed by atoms with Crippen LogP contribution in [0, 0.1) is 0 Å². The van der Waals surface area contributed by atoms with Gasteiger partial charge in [0.25, 0.3) is 0 Å². The van der Waals surface area contributed by atoms with E-state index >= 15 is 0 Å². The smallest absolute Gasteiger partial charge is 0.231 e. The molecule has 1 aromatic rings. The zero-order valence-corrected chi connectivity index (χ0v) is 10.7. The van der Waals surface area contributed by atoms with E-state index in [0.717, 1.165) is 12.1 Å². The topological polar surface area (TPSA) is 66.6 Å². The quantitative estimate of drug-likeness (QED) is 0.861. The second-order valence-electron chi connectivity index (χ2n) is 3.56. The summed E-state index contributed by atoms with van der Waals surface area (Å²) >= 11 is 3.25. The van der Waals surface area contributed by atoms with Crippen LogP contribution >= 0.6 is 15.9 Å². The van der Waals surface area contributed by atoms with E-state index in [-0.39, 0.29) is 18.2 Å². The Labute approximate surface area is 103 Å². The second-order valence-corrected chi connectivity index (χ2v) is 4.41. The number of hydrogen-bond acceptors (Lipinski definition) is 3. The van der Waals surface area contributed by atoms with Crippen molar-refractivity contribution in [3.05, 3.63) is 28.2 Å². The lowest BCUT2D eigenvalue weighted by molar-refractivity contribution is -0.119. The maximum Gasteiger partial charge on any atom is 0.231 e. The number of halogens is 1. The molecule has 88 valence electrons. The summed E-state index contributed by atoms with van der Waals surface area (Å²) in [5, 5.41) is 9.35. The van der Waals surface area contributed by atoms with Crippen molar-refractivity contribution < 1.29 is 9.90 Å². The van der Waals surface area contributed by atoms with Crippen molar-refractivity contribution >= 4 is 21.8 Å². The molecule has 4 nitrogen and oxygen atoms in total. The van der Waals surface area contributed by atoms with E-state index in [4.69, 9.17) is 5.73 Å². The number of aromatic hydroxyl groups is 1. The monoisotopic (exact) mass is 286 g/mol. The molecule has 0 atom stereocenters. The number of hydrogen-bond donors (Lipinski definition) is 2. The molecular weight excluding hydrogens is 272 g/mol. The molecule has 0 heterocycles. The van der Waals surface area contributed by atoms with E-state index in [9.17, 15) is 9.90 Å². The van der Waals surface area contributed by atoms with Crippen molar-refractivity contribution in [3.8, 4) is 5.75 Å². The summed E-state index contributed by atoms with van der Waals surface area (Å²) in [6, 6.07) is 5.28. The third-order valence-electron chi connectivity index (χ3n) is 2.24. The summed E-state index contributed by atoms with van der Waals surface area (Å²) in [6.07, 6.45) is 0. The van der Waals surface area contributed by atoms with Gasteiger partial charge in [0.15, 0.2) is 0 Å². The molecule has 1 aromatic carbocycles. The molecule has 1 rings (SSSR count). The van der Waals surface area contributed by atoms with Crippen LogP contribution in [0.25, 0.3) is 0 Å². The maximum atomic E-state index is 10.8. The highest BCUT2D eigenvalue weighted by Gasteiger charge is 2.08. The van der Waals surface area contributed by atoms with Gasteiger partial charge in [-0.3, -0.25) is 9.69 Å². The van der Waals surface area contributed by atoms with Crippen LogP contribution in [0.15, 0.2) is 22.7 Å². The van der Waals surface area contributed by atoms with Gasteiger partial charge in [-0.2, -0.15) is 0 Å². The molecule has 0 saturated carbocycles.